The summed E-state index contributed by atoms with van der Waals surface area (Å²) in [6.45, 7) is 7.25. The zero-order valence-corrected chi connectivity index (χ0v) is 28.8. The minimum atomic E-state index is -5.10. The van der Waals surface area contributed by atoms with Gasteiger partial charge in [-0.15, -0.1) is 0 Å². The Balaban J connectivity index is 1.55. The second-order valence-corrected chi connectivity index (χ2v) is 12.1. The fourth-order valence-corrected chi connectivity index (χ4v) is 6.23. The fourth-order valence-electron chi connectivity index (χ4n) is 6.23. The van der Waals surface area contributed by atoms with Gasteiger partial charge in [-0.1, -0.05) is 98.8 Å². The van der Waals surface area contributed by atoms with E-state index in [1.54, 1.807) is 24.3 Å². The van der Waals surface area contributed by atoms with Crippen LogP contribution in [0.5, 0.6) is 0 Å². The van der Waals surface area contributed by atoms with Crippen LogP contribution in [0.1, 0.15) is 96.6 Å². The molecule has 5 aromatic rings. The highest BCUT2D eigenvalue weighted by Gasteiger charge is 2.41. The number of hydrogen-bond donors (Lipinski definition) is 2. The average Bonchev–Trinajstić information content (AvgIpc) is 3.64. The van der Waals surface area contributed by atoms with Gasteiger partial charge in [0.2, 0.25) is 0 Å². The summed E-state index contributed by atoms with van der Waals surface area (Å²) in [4.78, 5) is 45.0. The van der Waals surface area contributed by atoms with Gasteiger partial charge in [0.05, 0.1) is 5.92 Å². The van der Waals surface area contributed by atoms with Crippen molar-refractivity contribution in [1.82, 2.24) is 9.97 Å². The van der Waals surface area contributed by atoms with Gasteiger partial charge in [0, 0.05) is 11.4 Å². The Morgan fingerprint density at radius 3 is 1.39 bits per heavy atom. The van der Waals surface area contributed by atoms with Gasteiger partial charge in [-0.05, 0) is 71.2 Å². The van der Waals surface area contributed by atoms with Crippen LogP contribution in [-0.4, -0.2) is 34.1 Å². The van der Waals surface area contributed by atoms with Gasteiger partial charge >= 0.3 is 24.1 Å². The van der Waals surface area contributed by atoms with Crippen molar-refractivity contribution < 1.29 is 41.8 Å². The summed E-state index contributed by atoms with van der Waals surface area (Å²) in [5.74, 6) is -3.90. The molecule has 11 heteroatoms. The topological polar surface area (TPSA) is 110 Å². The lowest BCUT2D eigenvalue weighted by Gasteiger charge is -2.20. The molecule has 0 saturated carbocycles. The zero-order chi connectivity index (χ0) is 36.7. The molecule has 0 unspecified atom stereocenters. The SMILES string of the molecule is CCc1c(C(c2ccc(COC(=O)C(F)(F)F)cc2)c2[nH]c(C(=O)OCc3ccccc3)c(C)c2CC)[nH]c(C(=O)OCc2ccccc2)c1C. The van der Waals surface area contributed by atoms with Crippen LogP contribution in [0.3, 0.4) is 0 Å². The summed E-state index contributed by atoms with van der Waals surface area (Å²) in [5.41, 5.74) is 7.89. The maximum atomic E-state index is 13.5. The number of aromatic nitrogens is 2. The van der Waals surface area contributed by atoms with E-state index in [9.17, 15) is 27.6 Å². The summed E-state index contributed by atoms with van der Waals surface area (Å²) in [6, 6.07) is 25.3. The number of hydrogen-bond acceptors (Lipinski definition) is 6. The standard InChI is InChI=1S/C40H39F3N2O6/c1-5-30-24(3)33(37(46)49-21-26-13-9-7-10-14-26)44-35(30)32(29-19-17-28(18-20-29)23-51-39(48)40(41,42)43)36-31(6-2)25(4)34(45-36)38(47)50-22-27-15-11-8-12-16-27/h7-20,32,44-45H,5-6,21-23H2,1-4H3. The van der Waals surface area contributed by atoms with Crippen LogP contribution in [0.4, 0.5) is 13.2 Å². The van der Waals surface area contributed by atoms with Crippen molar-refractivity contribution in [3.63, 3.8) is 0 Å². The molecule has 0 aliphatic carbocycles. The first-order chi connectivity index (χ1) is 24.4. The lowest BCUT2D eigenvalue weighted by atomic mass is 9.86. The molecular formula is C40H39F3N2O6. The lowest BCUT2D eigenvalue weighted by molar-refractivity contribution is -0.201. The third kappa shape index (κ3) is 8.42. The molecule has 0 amide bonds. The quantitative estimate of drug-likeness (QED) is 0.0941. The lowest BCUT2D eigenvalue weighted by Crippen LogP contribution is -2.25. The summed E-state index contributed by atoms with van der Waals surface area (Å²) in [7, 11) is 0. The second-order valence-electron chi connectivity index (χ2n) is 12.1. The Bertz CT molecular complexity index is 1870. The van der Waals surface area contributed by atoms with Gasteiger partial charge < -0.3 is 24.2 Å². The molecule has 0 fully saturated rings. The first-order valence-corrected chi connectivity index (χ1v) is 16.6. The van der Waals surface area contributed by atoms with Crippen LogP contribution in [0.2, 0.25) is 0 Å². The summed E-state index contributed by atoms with van der Waals surface area (Å²) in [5, 5.41) is 0. The molecule has 8 nitrogen and oxygen atoms in total. The first-order valence-electron chi connectivity index (χ1n) is 16.6. The van der Waals surface area contributed by atoms with Crippen LogP contribution >= 0.6 is 0 Å². The van der Waals surface area contributed by atoms with Crippen molar-refractivity contribution in [2.45, 2.75) is 72.5 Å². The molecule has 2 N–H and O–H groups in total. The van der Waals surface area contributed by atoms with Crippen LogP contribution in [0, 0.1) is 13.8 Å². The van der Waals surface area contributed by atoms with Crippen molar-refractivity contribution in [3.05, 3.63) is 152 Å². The molecular weight excluding hydrogens is 661 g/mol. The van der Waals surface area contributed by atoms with E-state index in [4.69, 9.17) is 9.47 Å². The van der Waals surface area contributed by atoms with E-state index in [0.29, 0.717) is 46.7 Å². The molecule has 0 bridgehead atoms. The minimum absolute atomic E-state index is 0.0863. The predicted octanol–water partition coefficient (Wildman–Crippen LogP) is 8.58. The van der Waals surface area contributed by atoms with Crippen molar-refractivity contribution in [1.29, 1.82) is 0 Å². The Hall–Kier alpha value is -5.58. The molecule has 51 heavy (non-hydrogen) atoms. The summed E-state index contributed by atoms with van der Waals surface area (Å²) in [6.07, 6.45) is -3.99. The molecule has 5 rings (SSSR count). The summed E-state index contributed by atoms with van der Waals surface area (Å²) >= 11 is 0. The van der Waals surface area contributed by atoms with Gasteiger partial charge in [0.25, 0.3) is 0 Å². The Kier molecular flexibility index (Phi) is 11.5. The van der Waals surface area contributed by atoms with E-state index >= 15 is 0 Å². The van der Waals surface area contributed by atoms with E-state index < -0.39 is 36.6 Å². The molecule has 0 radical (unpaired) electrons. The van der Waals surface area contributed by atoms with Crippen molar-refractivity contribution in [2.24, 2.45) is 0 Å². The molecule has 2 aromatic heterocycles. The Morgan fingerprint density at radius 1 is 0.608 bits per heavy atom. The largest absolute Gasteiger partial charge is 0.490 e. The van der Waals surface area contributed by atoms with Crippen molar-refractivity contribution in [3.8, 4) is 0 Å². The number of esters is 3. The number of rotatable bonds is 13. The maximum absolute atomic E-state index is 13.5. The Labute approximate surface area is 294 Å². The van der Waals surface area contributed by atoms with Crippen LogP contribution in [-0.2, 0) is 51.7 Å². The number of aromatic amines is 2. The zero-order valence-electron chi connectivity index (χ0n) is 28.8. The van der Waals surface area contributed by atoms with E-state index in [0.717, 1.165) is 33.4 Å². The molecule has 0 spiro atoms. The van der Waals surface area contributed by atoms with Gasteiger partial charge in [0.15, 0.2) is 0 Å². The minimum Gasteiger partial charge on any atom is -0.456 e. The molecule has 0 atom stereocenters. The molecule has 2 heterocycles. The maximum Gasteiger partial charge on any atom is 0.490 e. The second kappa shape index (κ2) is 16.0. The average molecular weight is 701 g/mol. The predicted molar refractivity (Wildman–Crippen MR) is 184 cm³/mol. The number of benzene rings is 3. The van der Waals surface area contributed by atoms with Gasteiger partial charge in [-0.2, -0.15) is 13.2 Å². The van der Waals surface area contributed by atoms with Crippen LogP contribution in [0.25, 0.3) is 0 Å². The third-order valence-corrected chi connectivity index (χ3v) is 8.86. The third-order valence-electron chi connectivity index (χ3n) is 8.86. The highest BCUT2D eigenvalue weighted by molar-refractivity contribution is 5.91. The smallest absolute Gasteiger partial charge is 0.456 e. The van der Waals surface area contributed by atoms with Crippen molar-refractivity contribution >= 4 is 17.9 Å². The number of carbonyl (C=O) groups excluding carboxylic acids is 3. The van der Waals surface area contributed by atoms with E-state index in [2.05, 4.69) is 14.7 Å². The van der Waals surface area contributed by atoms with Crippen LogP contribution in [0.15, 0.2) is 84.9 Å². The van der Waals surface area contributed by atoms with Gasteiger partial charge in [-0.3, -0.25) is 0 Å². The first kappa shape index (κ1) is 36.7. The number of nitrogens with one attached hydrogen (secondary N) is 2. The summed E-state index contributed by atoms with van der Waals surface area (Å²) < 4.78 is 54.1. The number of halogens is 3. The van der Waals surface area contributed by atoms with E-state index in [1.165, 1.54) is 0 Å². The highest BCUT2D eigenvalue weighted by atomic mass is 19.4. The van der Waals surface area contributed by atoms with Gasteiger partial charge in [-0.25, -0.2) is 14.4 Å². The molecule has 0 aliphatic rings. The molecule has 0 aliphatic heterocycles. The number of alkyl halides is 3. The van der Waals surface area contributed by atoms with Crippen LogP contribution < -0.4 is 0 Å². The monoisotopic (exact) mass is 700 g/mol. The number of carbonyl (C=O) groups is 3. The highest BCUT2D eigenvalue weighted by Crippen LogP contribution is 2.39. The number of H-pyrrole nitrogens is 2. The Morgan fingerprint density at radius 2 is 1.00 bits per heavy atom. The van der Waals surface area contributed by atoms with Crippen molar-refractivity contribution in [2.75, 3.05) is 0 Å². The molecule has 266 valence electrons. The van der Waals surface area contributed by atoms with E-state index in [1.807, 2.05) is 88.4 Å². The van der Waals surface area contributed by atoms with E-state index in [-0.39, 0.29) is 13.2 Å². The molecule has 3 aromatic carbocycles. The number of ether oxygens (including phenoxy) is 3. The van der Waals surface area contributed by atoms with Gasteiger partial charge in [0.1, 0.15) is 31.2 Å². The normalized spacial score (nSPS) is 11.5. The molecule has 0 saturated heterocycles. The fraction of sp³-hybridized carbons (Fsp3) is 0.275.